The summed E-state index contributed by atoms with van der Waals surface area (Å²) < 4.78 is 11.6. The third-order valence-electron chi connectivity index (χ3n) is 5.79. The fraction of sp³-hybridized carbons (Fsp3) is 1.00. The second-order valence-electron chi connectivity index (χ2n) is 7.13. The zero-order valence-electron chi connectivity index (χ0n) is 13.0. The zero-order valence-corrected chi connectivity index (χ0v) is 13.0. The summed E-state index contributed by atoms with van der Waals surface area (Å²) in [5, 5.41) is 3.95. The van der Waals surface area contributed by atoms with Gasteiger partial charge in [-0.1, -0.05) is 13.3 Å². The molecule has 1 N–H and O–H groups in total. The Bertz CT molecular complexity index is 288. The van der Waals surface area contributed by atoms with Crippen LogP contribution in [0.2, 0.25) is 0 Å². The quantitative estimate of drug-likeness (QED) is 0.861. The van der Waals surface area contributed by atoms with Gasteiger partial charge in [-0.3, -0.25) is 0 Å². The van der Waals surface area contributed by atoms with Crippen molar-refractivity contribution >= 4 is 0 Å². The van der Waals surface area contributed by atoms with Crippen LogP contribution in [0, 0.1) is 5.92 Å². The molecule has 2 aliphatic heterocycles. The van der Waals surface area contributed by atoms with Crippen LogP contribution >= 0.6 is 0 Å². The molecule has 0 aromatic heterocycles. The van der Waals surface area contributed by atoms with Gasteiger partial charge in [-0.15, -0.1) is 0 Å². The summed E-state index contributed by atoms with van der Waals surface area (Å²) in [5.74, 6) is 0.990. The lowest BCUT2D eigenvalue weighted by molar-refractivity contribution is -0.141. The molecule has 3 rings (SSSR count). The van der Waals surface area contributed by atoms with Crippen molar-refractivity contribution in [2.24, 2.45) is 5.92 Å². The van der Waals surface area contributed by atoms with Crippen molar-refractivity contribution < 1.29 is 9.47 Å². The van der Waals surface area contributed by atoms with E-state index in [0.717, 1.165) is 44.6 Å². The Morgan fingerprint density at radius 2 is 1.70 bits per heavy atom. The summed E-state index contributed by atoms with van der Waals surface area (Å²) in [4.78, 5) is 0. The molecule has 0 aromatic carbocycles. The minimum atomic E-state index is 0.134. The molecule has 1 spiro atoms. The molecule has 0 bridgehead atoms. The topological polar surface area (TPSA) is 30.5 Å². The van der Waals surface area contributed by atoms with Crippen molar-refractivity contribution in [3.8, 4) is 0 Å². The van der Waals surface area contributed by atoms with Gasteiger partial charge in [0.2, 0.25) is 0 Å². The predicted molar refractivity (Wildman–Crippen MR) is 80.9 cm³/mol. The van der Waals surface area contributed by atoms with Crippen molar-refractivity contribution in [2.75, 3.05) is 19.8 Å². The molecule has 0 radical (unpaired) electrons. The van der Waals surface area contributed by atoms with Gasteiger partial charge in [0.25, 0.3) is 0 Å². The van der Waals surface area contributed by atoms with Crippen LogP contribution in [0.15, 0.2) is 0 Å². The van der Waals surface area contributed by atoms with E-state index < -0.39 is 0 Å². The monoisotopic (exact) mass is 281 g/mol. The van der Waals surface area contributed by atoms with Crippen molar-refractivity contribution in [3.63, 3.8) is 0 Å². The highest BCUT2D eigenvalue weighted by molar-refractivity contribution is 4.93. The second-order valence-corrected chi connectivity index (χ2v) is 7.13. The number of nitrogens with one attached hydrogen (secondary N) is 1. The Morgan fingerprint density at radius 1 is 0.950 bits per heavy atom. The normalized spacial score (nSPS) is 38.0. The van der Waals surface area contributed by atoms with E-state index in [0.29, 0.717) is 6.04 Å². The molecular weight excluding hydrogens is 250 g/mol. The lowest BCUT2D eigenvalue weighted by Crippen LogP contribution is -2.52. The summed E-state index contributed by atoms with van der Waals surface area (Å²) in [5.41, 5.74) is 0.134. The average Bonchev–Trinajstić information content (AvgIpc) is 2.49. The standard InChI is InChI=1S/C17H31NO2/c1-2-14-3-5-15(6-4-14)18-16-7-10-20-17(13-16)8-11-19-12-9-17/h14-16,18H,2-13H2,1H3. The minimum Gasteiger partial charge on any atom is -0.381 e. The van der Waals surface area contributed by atoms with Crippen LogP contribution < -0.4 is 5.32 Å². The van der Waals surface area contributed by atoms with Crippen molar-refractivity contribution in [2.45, 2.75) is 82.4 Å². The van der Waals surface area contributed by atoms with Crippen LogP contribution in [-0.4, -0.2) is 37.5 Å². The lowest BCUT2D eigenvalue weighted by Gasteiger charge is -2.44. The average molecular weight is 281 g/mol. The van der Waals surface area contributed by atoms with Crippen LogP contribution in [0.25, 0.3) is 0 Å². The highest BCUT2D eigenvalue weighted by Crippen LogP contribution is 2.35. The van der Waals surface area contributed by atoms with Gasteiger partial charge >= 0.3 is 0 Å². The molecule has 3 heteroatoms. The minimum absolute atomic E-state index is 0.134. The van der Waals surface area contributed by atoms with E-state index in [4.69, 9.17) is 9.47 Å². The molecule has 2 saturated heterocycles. The molecular formula is C17H31NO2. The van der Waals surface area contributed by atoms with E-state index in [2.05, 4.69) is 12.2 Å². The first kappa shape index (κ1) is 14.8. The van der Waals surface area contributed by atoms with E-state index in [1.165, 1.54) is 44.9 Å². The first-order chi connectivity index (χ1) is 9.80. The SMILES string of the molecule is CCC1CCC(NC2CCOC3(CCOCC3)C2)CC1. The first-order valence-electron chi connectivity index (χ1n) is 8.77. The Kier molecular flexibility index (Phi) is 5.00. The van der Waals surface area contributed by atoms with Crippen molar-refractivity contribution in [1.82, 2.24) is 5.32 Å². The van der Waals surface area contributed by atoms with E-state index in [1.54, 1.807) is 0 Å². The number of ether oxygens (including phenoxy) is 2. The molecule has 3 nitrogen and oxygen atoms in total. The van der Waals surface area contributed by atoms with Gasteiger partial charge < -0.3 is 14.8 Å². The Hall–Kier alpha value is -0.120. The largest absolute Gasteiger partial charge is 0.381 e. The van der Waals surface area contributed by atoms with Crippen LogP contribution in [0.1, 0.15) is 64.7 Å². The van der Waals surface area contributed by atoms with Gasteiger partial charge in [0.15, 0.2) is 0 Å². The van der Waals surface area contributed by atoms with Gasteiger partial charge in [-0.2, -0.15) is 0 Å². The van der Waals surface area contributed by atoms with Gasteiger partial charge in [-0.25, -0.2) is 0 Å². The summed E-state index contributed by atoms with van der Waals surface area (Å²) >= 11 is 0. The Balaban J connectivity index is 1.48. The molecule has 1 unspecified atom stereocenters. The molecule has 1 saturated carbocycles. The maximum atomic E-state index is 6.14. The molecule has 1 aliphatic carbocycles. The maximum absolute atomic E-state index is 6.14. The molecule has 20 heavy (non-hydrogen) atoms. The number of hydrogen-bond acceptors (Lipinski definition) is 3. The van der Waals surface area contributed by atoms with Gasteiger partial charge in [0, 0.05) is 31.9 Å². The Labute approximate surface area is 123 Å². The molecule has 1 atom stereocenters. The highest BCUT2D eigenvalue weighted by Gasteiger charge is 2.39. The van der Waals surface area contributed by atoms with E-state index in [-0.39, 0.29) is 5.60 Å². The van der Waals surface area contributed by atoms with Crippen LogP contribution in [0.3, 0.4) is 0 Å². The molecule has 3 aliphatic rings. The van der Waals surface area contributed by atoms with Gasteiger partial charge in [0.05, 0.1) is 5.60 Å². The zero-order chi connectivity index (χ0) is 13.8. The lowest BCUT2D eigenvalue weighted by atomic mass is 9.81. The summed E-state index contributed by atoms with van der Waals surface area (Å²) in [7, 11) is 0. The maximum Gasteiger partial charge on any atom is 0.0741 e. The molecule has 3 fully saturated rings. The molecule has 0 aromatic rings. The third-order valence-corrected chi connectivity index (χ3v) is 5.79. The summed E-state index contributed by atoms with van der Waals surface area (Å²) in [6, 6.07) is 1.43. The first-order valence-corrected chi connectivity index (χ1v) is 8.77. The Morgan fingerprint density at radius 3 is 2.40 bits per heavy atom. The van der Waals surface area contributed by atoms with Crippen LogP contribution in [0.5, 0.6) is 0 Å². The van der Waals surface area contributed by atoms with Crippen molar-refractivity contribution in [1.29, 1.82) is 0 Å². The van der Waals surface area contributed by atoms with E-state index in [1.807, 2.05) is 0 Å². The van der Waals surface area contributed by atoms with E-state index >= 15 is 0 Å². The van der Waals surface area contributed by atoms with Crippen LogP contribution in [0.4, 0.5) is 0 Å². The molecule has 2 heterocycles. The van der Waals surface area contributed by atoms with Crippen molar-refractivity contribution in [3.05, 3.63) is 0 Å². The smallest absolute Gasteiger partial charge is 0.0741 e. The predicted octanol–water partition coefficient (Wildman–Crippen LogP) is 3.27. The highest BCUT2D eigenvalue weighted by atomic mass is 16.5. The van der Waals surface area contributed by atoms with E-state index in [9.17, 15) is 0 Å². The fourth-order valence-electron chi connectivity index (χ4n) is 4.33. The molecule has 0 amide bonds. The fourth-order valence-corrected chi connectivity index (χ4v) is 4.33. The summed E-state index contributed by atoms with van der Waals surface area (Å²) in [6.45, 7) is 5.04. The third kappa shape index (κ3) is 3.55. The molecule has 116 valence electrons. The van der Waals surface area contributed by atoms with Gasteiger partial charge in [0.1, 0.15) is 0 Å². The second kappa shape index (κ2) is 6.76. The number of rotatable bonds is 3. The number of hydrogen-bond donors (Lipinski definition) is 1. The van der Waals surface area contributed by atoms with Gasteiger partial charge in [-0.05, 0) is 57.3 Å². The van der Waals surface area contributed by atoms with Crippen LogP contribution in [-0.2, 0) is 9.47 Å². The summed E-state index contributed by atoms with van der Waals surface area (Å²) in [6.07, 6.45) is 11.6.